The normalized spacial score (nSPS) is 10.4. The van der Waals surface area contributed by atoms with Crippen molar-refractivity contribution in [1.82, 2.24) is 5.32 Å². The van der Waals surface area contributed by atoms with Crippen molar-refractivity contribution in [1.29, 1.82) is 0 Å². The Hall–Kier alpha value is -1.62. The molecule has 0 aromatic heterocycles. The molecule has 0 aliphatic rings. The lowest BCUT2D eigenvalue weighted by atomic mass is 10.1. The molecule has 1 amide bonds. The number of carbonyl (C=O) groups excluding carboxylic acids is 1. The highest BCUT2D eigenvalue weighted by molar-refractivity contribution is 5.99. The number of hydrogen-bond donors (Lipinski definition) is 2. The average molecular weight is 296 g/mol. The van der Waals surface area contributed by atoms with Gasteiger partial charge in [0, 0.05) is 19.7 Å². The molecule has 0 saturated heterocycles. The van der Waals surface area contributed by atoms with E-state index in [1.807, 2.05) is 6.92 Å². The highest BCUT2D eigenvalue weighted by Crippen LogP contribution is 2.19. The van der Waals surface area contributed by atoms with E-state index in [2.05, 4.69) is 17.6 Å². The third kappa shape index (κ3) is 6.12. The van der Waals surface area contributed by atoms with Crippen LogP contribution in [0, 0.1) is 5.82 Å². The molecule has 0 bridgehead atoms. The van der Waals surface area contributed by atoms with Crippen LogP contribution in [0.2, 0.25) is 0 Å². The minimum atomic E-state index is -0.407. The first-order valence-corrected chi connectivity index (χ1v) is 7.59. The molecular weight excluding hydrogens is 271 g/mol. The van der Waals surface area contributed by atoms with E-state index in [0.717, 1.165) is 19.3 Å². The minimum absolute atomic E-state index is 0.267. The van der Waals surface area contributed by atoms with Crippen LogP contribution in [0.1, 0.15) is 43.5 Å². The van der Waals surface area contributed by atoms with E-state index in [-0.39, 0.29) is 11.6 Å². The van der Waals surface area contributed by atoms with Crippen LogP contribution in [0.3, 0.4) is 0 Å². The van der Waals surface area contributed by atoms with Crippen molar-refractivity contribution in [3.05, 3.63) is 29.6 Å². The predicted octanol–water partition coefficient (Wildman–Crippen LogP) is 3.19. The Balaban J connectivity index is 2.51. The molecule has 21 heavy (non-hydrogen) atoms. The van der Waals surface area contributed by atoms with Crippen LogP contribution >= 0.6 is 0 Å². The second-order valence-corrected chi connectivity index (χ2v) is 4.81. The number of hydrogen-bond acceptors (Lipinski definition) is 3. The van der Waals surface area contributed by atoms with E-state index in [0.29, 0.717) is 31.9 Å². The second-order valence-electron chi connectivity index (χ2n) is 4.81. The van der Waals surface area contributed by atoms with E-state index in [1.54, 1.807) is 12.1 Å². The van der Waals surface area contributed by atoms with Crippen LogP contribution < -0.4 is 10.6 Å². The molecule has 4 nitrogen and oxygen atoms in total. The van der Waals surface area contributed by atoms with E-state index in [9.17, 15) is 9.18 Å². The van der Waals surface area contributed by atoms with Gasteiger partial charge in [0.2, 0.25) is 0 Å². The zero-order valence-corrected chi connectivity index (χ0v) is 12.9. The van der Waals surface area contributed by atoms with E-state index >= 15 is 0 Å². The highest BCUT2D eigenvalue weighted by atomic mass is 19.1. The number of ether oxygens (including phenoxy) is 1. The van der Waals surface area contributed by atoms with E-state index in [4.69, 9.17) is 4.74 Å². The fourth-order valence-corrected chi connectivity index (χ4v) is 1.82. The number of benzene rings is 1. The lowest BCUT2D eigenvalue weighted by Gasteiger charge is -2.12. The Kier molecular flexibility index (Phi) is 8.43. The summed E-state index contributed by atoms with van der Waals surface area (Å²) in [4.78, 5) is 12.1. The van der Waals surface area contributed by atoms with Gasteiger partial charge in [-0.2, -0.15) is 0 Å². The number of halogens is 1. The van der Waals surface area contributed by atoms with Crippen LogP contribution in [0.25, 0.3) is 0 Å². The third-order valence-corrected chi connectivity index (χ3v) is 2.98. The summed E-state index contributed by atoms with van der Waals surface area (Å²) >= 11 is 0. The maximum absolute atomic E-state index is 13.8. The Morgan fingerprint density at radius 1 is 1.19 bits per heavy atom. The van der Waals surface area contributed by atoms with Crippen LogP contribution in [0.15, 0.2) is 18.2 Å². The second kappa shape index (κ2) is 10.2. The van der Waals surface area contributed by atoms with Crippen LogP contribution in [-0.4, -0.2) is 32.2 Å². The van der Waals surface area contributed by atoms with Gasteiger partial charge in [-0.1, -0.05) is 26.3 Å². The van der Waals surface area contributed by atoms with Gasteiger partial charge < -0.3 is 15.4 Å². The first kappa shape index (κ1) is 17.4. The zero-order valence-electron chi connectivity index (χ0n) is 12.9. The van der Waals surface area contributed by atoms with Gasteiger partial charge in [-0.25, -0.2) is 4.39 Å². The van der Waals surface area contributed by atoms with Crippen molar-refractivity contribution < 1.29 is 13.9 Å². The summed E-state index contributed by atoms with van der Waals surface area (Å²) in [7, 11) is 0. The van der Waals surface area contributed by atoms with Crippen LogP contribution in [-0.2, 0) is 4.74 Å². The van der Waals surface area contributed by atoms with Crippen molar-refractivity contribution in [2.24, 2.45) is 0 Å². The molecule has 5 heteroatoms. The van der Waals surface area contributed by atoms with Crippen molar-refractivity contribution in [2.45, 2.75) is 33.1 Å². The molecule has 0 spiro atoms. The van der Waals surface area contributed by atoms with Gasteiger partial charge in [0.15, 0.2) is 0 Å². The molecule has 118 valence electrons. The number of rotatable bonds is 10. The molecule has 0 heterocycles. The van der Waals surface area contributed by atoms with Crippen molar-refractivity contribution >= 4 is 11.6 Å². The number of nitrogens with one attached hydrogen (secondary N) is 2. The third-order valence-electron chi connectivity index (χ3n) is 2.98. The first-order valence-electron chi connectivity index (χ1n) is 7.59. The summed E-state index contributed by atoms with van der Waals surface area (Å²) in [6.07, 6.45) is 2.96. The number of para-hydroxylation sites is 1. The van der Waals surface area contributed by atoms with Crippen molar-refractivity contribution in [3.63, 3.8) is 0 Å². The predicted molar refractivity (Wildman–Crippen MR) is 83.2 cm³/mol. The number of carbonyl (C=O) groups is 1. The molecule has 0 unspecified atom stereocenters. The van der Waals surface area contributed by atoms with Gasteiger partial charge in [0.25, 0.3) is 5.91 Å². The highest BCUT2D eigenvalue weighted by Gasteiger charge is 2.14. The molecule has 1 rings (SSSR count). The summed E-state index contributed by atoms with van der Waals surface area (Å²) in [6, 6.07) is 4.51. The van der Waals surface area contributed by atoms with Gasteiger partial charge in [-0.3, -0.25) is 4.79 Å². The molecule has 0 atom stereocenters. The Morgan fingerprint density at radius 3 is 2.71 bits per heavy atom. The number of anilines is 1. The molecule has 0 aliphatic carbocycles. The summed E-state index contributed by atoms with van der Waals surface area (Å²) < 4.78 is 19.2. The van der Waals surface area contributed by atoms with Crippen molar-refractivity contribution in [2.75, 3.05) is 31.6 Å². The molecule has 1 aromatic carbocycles. The summed E-state index contributed by atoms with van der Waals surface area (Å²) in [5.41, 5.74) is 0.598. The summed E-state index contributed by atoms with van der Waals surface area (Å²) in [6.45, 7) is 6.31. The monoisotopic (exact) mass is 296 g/mol. The minimum Gasteiger partial charge on any atom is -0.382 e. The standard InChI is InChI=1S/C16H25FN2O2/c1-3-5-11-21-12-10-19-16(20)13-7-6-8-14(17)15(13)18-9-4-2/h6-8,18H,3-5,9-12H2,1-2H3,(H,19,20). The smallest absolute Gasteiger partial charge is 0.253 e. The SMILES string of the molecule is CCCCOCCNC(=O)c1cccc(F)c1NCCC. The van der Waals surface area contributed by atoms with Gasteiger partial charge in [-0.05, 0) is 25.0 Å². The quantitative estimate of drug-likeness (QED) is 0.652. The maximum atomic E-state index is 13.8. The molecule has 0 radical (unpaired) electrons. The van der Waals surface area contributed by atoms with Gasteiger partial charge in [0.05, 0.1) is 17.9 Å². The Bertz CT molecular complexity index is 438. The fraction of sp³-hybridized carbons (Fsp3) is 0.562. The maximum Gasteiger partial charge on any atom is 0.253 e. The lowest BCUT2D eigenvalue weighted by molar-refractivity contribution is 0.0913. The summed E-state index contributed by atoms with van der Waals surface area (Å²) in [5.74, 6) is -0.692. The summed E-state index contributed by atoms with van der Waals surface area (Å²) in [5, 5.41) is 5.71. The van der Waals surface area contributed by atoms with Crippen LogP contribution in [0.5, 0.6) is 0 Å². The first-order chi connectivity index (χ1) is 10.2. The molecular formula is C16H25FN2O2. The number of unbranched alkanes of at least 4 members (excludes halogenated alkanes) is 1. The molecule has 0 saturated carbocycles. The van der Waals surface area contributed by atoms with Crippen molar-refractivity contribution in [3.8, 4) is 0 Å². The Morgan fingerprint density at radius 2 is 2.00 bits per heavy atom. The van der Waals surface area contributed by atoms with E-state index in [1.165, 1.54) is 6.07 Å². The fourth-order valence-electron chi connectivity index (χ4n) is 1.82. The van der Waals surface area contributed by atoms with Gasteiger partial charge in [0.1, 0.15) is 5.82 Å². The average Bonchev–Trinajstić information content (AvgIpc) is 2.49. The molecule has 0 aliphatic heterocycles. The number of amides is 1. The Labute approximate surface area is 126 Å². The van der Waals surface area contributed by atoms with Crippen LogP contribution in [0.4, 0.5) is 10.1 Å². The van der Waals surface area contributed by atoms with E-state index < -0.39 is 5.82 Å². The largest absolute Gasteiger partial charge is 0.382 e. The molecule has 0 fully saturated rings. The molecule has 2 N–H and O–H groups in total. The topological polar surface area (TPSA) is 50.4 Å². The zero-order chi connectivity index (χ0) is 15.5. The molecule has 1 aromatic rings. The lowest BCUT2D eigenvalue weighted by Crippen LogP contribution is -2.28. The van der Waals surface area contributed by atoms with Gasteiger partial charge in [-0.15, -0.1) is 0 Å². The van der Waals surface area contributed by atoms with Gasteiger partial charge >= 0.3 is 0 Å².